The van der Waals surface area contributed by atoms with Crippen molar-refractivity contribution in [2.75, 3.05) is 19.8 Å². The van der Waals surface area contributed by atoms with E-state index in [-0.39, 0.29) is 0 Å². The molecule has 0 amide bonds. The van der Waals surface area contributed by atoms with Gasteiger partial charge in [0.2, 0.25) is 0 Å². The first-order valence-electron chi connectivity index (χ1n) is 3.19. The Bertz CT molecular complexity index is 36.7. The van der Waals surface area contributed by atoms with Crippen LogP contribution in [0.2, 0.25) is 6.04 Å². The van der Waals surface area contributed by atoms with Crippen molar-refractivity contribution in [1.29, 1.82) is 0 Å². The van der Waals surface area contributed by atoms with E-state index in [0.29, 0.717) is 0 Å². The van der Waals surface area contributed by atoms with Gasteiger partial charge in [0, 0.05) is 10.2 Å². The van der Waals surface area contributed by atoms with Crippen molar-refractivity contribution in [2.45, 2.75) is 12.5 Å². The summed E-state index contributed by atoms with van der Waals surface area (Å²) in [6.07, 6.45) is 1.23. The Morgan fingerprint density at radius 2 is 2.00 bits per heavy atom. The van der Waals surface area contributed by atoms with Crippen LogP contribution >= 0.6 is 0 Å². The maximum absolute atomic E-state index is 5.16. The summed E-state index contributed by atoms with van der Waals surface area (Å²) < 4.78 is 4.50. The number of ether oxygens (including phenoxy) is 1. The molecule has 2 nitrogen and oxygen atoms in total. The maximum Gasteiger partial charge on any atom is 0.0701 e. The van der Waals surface area contributed by atoms with Crippen LogP contribution in [0.5, 0.6) is 0 Å². The van der Waals surface area contributed by atoms with Gasteiger partial charge in [-0.25, -0.2) is 0 Å². The summed E-state index contributed by atoms with van der Waals surface area (Å²) in [4.78, 5) is 0. The van der Waals surface area contributed by atoms with E-state index in [4.69, 9.17) is 5.73 Å². The molecule has 0 aromatic rings. The Kier molecular flexibility index (Phi) is 7.26. The van der Waals surface area contributed by atoms with Gasteiger partial charge in [0.1, 0.15) is 0 Å². The molecule has 0 bridgehead atoms. The van der Waals surface area contributed by atoms with Gasteiger partial charge in [-0.15, -0.1) is 0 Å². The zero-order valence-corrected chi connectivity index (χ0v) is 7.52. The average molecular weight is 133 g/mol. The van der Waals surface area contributed by atoms with Crippen molar-refractivity contribution in [3.63, 3.8) is 0 Å². The van der Waals surface area contributed by atoms with Crippen LogP contribution in [0.3, 0.4) is 0 Å². The molecule has 1 heterocycles. The number of rotatable bonds is 2. The highest BCUT2D eigenvalue weighted by Gasteiger charge is 1.94. The van der Waals surface area contributed by atoms with Crippen LogP contribution in [0.15, 0.2) is 0 Å². The Morgan fingerprint density at radius 1 is 1.50 bits per heavy atom. The summed E-state index contributed by atoms with van der Waals surface area (Å²) in [6.45, 7) is 2.88. The molecular weight excluding hydrogens is 118 g/mol. The largest absolute Gasteiger partial charge is 0.377 e. The van der Waals surface area contributed by atoms with E-state index in [1.165, 1.54) is 22.7 Å². The van der Waals surface area contributed by atoms with Crippen LogP contribution < -0.4 is 5.73 Å². The third-order valence-corrected chi connectivity index (χ3v) is 1.47. The fourth-order valence-corrected chi connectivity index (χ4v) is 0.612. The van der Waals surface area contributed by atoms with Crippen molar-refractivity contribution in [2.24, 2.45) is 5.73 Å². The highest BCUT2D eigenvalue weighted by atomic mass is 28.1. The Morgan fingerprint density at radius 3 is 2.00 bits per heavy atom. The minimum absolute atomic E-state index is 0.878. The third-order valence-electron chi connectivity index (χ3n) is 0.762. The molecule has 8 heavy (non-hydrogen) atoms. The van der Waals surface area contributed by atoms with Gasteiger partial charge in [-0.2, -0.15) is 0 Å². The number of epoxide rings is 1. The molecule has 0 unspecified atom stereocenters. The average Bonchev–Trinajstić information content (AvgIpc) is 2.50. The molecule has 0 aromatic carbocycles. The molecule has 0 saturated carbocycles. The van der Waals surface area contributed by atoms with E-state index in [0.717, 1.165) is 19.8 Å². The number of hydrogen-bond acceptors (Lipinski definition) is 2. The molecule has 1 aliphatic heterocycles. The standard InChI is InChI=1S/C3H11NSi.C2H4O/c4-2-1-3-5;1-2-3-1/h1-4H2,5H3;1-2H2. The van der Waals surface area contributed by atoms with Crippen molar-refractivity contribution in [3.05, 3.63) is 0 Å². The highest BCUT2D eigenvalue weighted by molar-refractivity contribution is 6.08. The molecule has 1 fully saturated rings. The lowest BCUT2D eigenvalue weighted by atomic mass is 10.5. The van der Waals surface area contributed by atoms with E-state index in [9.17, 15) is 0 Å². The van der Waals surface area contributed by atoms with Gasteiger partial charge in [-0.3, -0.25) is 0 Å². The van der Waals surface area contributed by atoms with Crippen LogP contribution in [-0.2, 0) is 4.74 Å². The van der Waals surface area contributed by atoms with Crippen molar-refractivity contribution in [3.8, 4) is 0 Å². The first-order chi connectivity index (χ1) is 3.91. The second-order valence-electron chi connectivity index (χ2n) is 1.75. The van der Waals surface area contributed by atoms with Gasteiger partial charge in [0.25, 0.3) is 0 Å². The molecular formula is C5H15NOSi. The van der Waals surface area contributed by atoms with Gasteiger partial charge in [0.05, 0.1) is 13.2 Å². The maximum atomic E-state index is 5.16. The lowest BCUT2D eigenvalue weighted by Crippen LogP contribution is -1.96. The summed E-state index contributed by atoms with van der Waals surface area (Å²) in [5, 5.41) is 0. The van der Waals surface area contributed by atoms with Crippen LogP contribution in [0.25, 0.3) is 0 Å². The Balaban J connectivity index is 0.000000135. The monoisotopic (exact) mass is 133 g/mol. The van der Waals surface area contributed by atoms with Gasteiger partial charge >= 0.3 is 0 Å². The lowest BCUT2D eigenvalue weighted by molar-refractivity contribution is 0.475. The first kappa shape index (κ1) is 8.14. The predicted molar refractivity (Wildman–Crippen MR) is 39.2 cm³/mol. The van der Waals surface area contributed by atoms with Crippen molar-refractivity contribution >= 4 is 10.2 Å². The molecule has 2 N–H and O–H groups in total. The van der Waals surface area contributed by atoms with E-state index < -0.39 is 0 Å². The normalized spacial score (nSPS) is 14.6. The smallest absolute Gasteiger partial charge is 0.0701 e. The van der Waals surface area contributed by atoms with Crippen LogP contribution in [0.4, 0.5) is 0 Å². The van der Waals surface area contributed by atoms with Gasteiger partial charge < -0.3 is 10.5 Å². The molecule has 50 valence electrons. The van der Waals surface area contributed by atoms with Crippen LogP contribution in [-0.4, -0.2) is 30.0 Å². The van der Waals surface area contributed by atoms with Crippen molar-refractivity contribution in [1.82, 2.24) is 0 Å². The number of nitrogens with two attached hydrogens (primary N) is 1. The molecule has 1 aliphatic rings. The predicted octanol–water partition coefficient (Wildman–Crippen LogP) is -0.865. The van der Waals surface area contributed by atoms with Gasteiger partial charge in [0.15, 0.2) is 0 Å². The molecule has 0 spiro atoms. The zero-order valence-electron chi connectivity index (χ0n) is 5.52. The third kappa shape index (κ3) is 16.5. The summed E-state index contributed by atoms with van der Waals surface area (Å²) in [5.74, 6) is 0. The molecule has 1 rings (SSSR count). The van der Waals surface area contributed by atoms with E-state index in [2.05, 4.69) is 4.74 Å². The molecule has 0 atom stereocenters. The SMILES string of the molecule is C1CO1.NCCC[SiH3]. The Labute approximate surface area is 53.8 Å². The quantitative estimate of drug-likeness (QED) is 0.393. The second kappa shape index (κ2) is 7.14. The second-order valence-corrected chi connectivity index (χ2v) is 2.75. The van der Waals surface area contributed by atoms with E-state index >= 15 is 0 Å². The minimum Gasteiger partial charge on any atom is -0.377 e. The fraction of sp³-hybridized carbons (Fsp3) is 1.00. The Hall–Kier alpha value is 0.137. The van der Waals surface area contributed by atoms with Gasteiger partial charge in [-0.05, 0) is 13.0 Å². The van der Waals surface area contributed by atoms with Gasteiger partial charge in [-0.1, -0.05) is 6.04 Å². The first-order valence-corrected chi connectivity index (χ1v) is 4.61. The summed E-state index contributed by atoms with van der Waals surface area (Å²) in [5.41, 5.74) is 5.16. The van der Waals surface area contributed by atoms with Crippen LogP contribution in [0.1, 0.15) is 6.42 Å². The fourth-order valence-electron chi connectivity index (χ4n) is 0.204. The number of hydrogen-bond donors (Lipinski definition) is 1. The summed E-state index contributed by atoms with van der Waals surface area (Å²) in [6, 6.07) is 1.36. The summed E-state index contributed by atoms with van der Waals surface area (Å²) >= 11 is 0. The molecule has 3 heteroatoms. The minimum atomic E-state index is 0.878. The zero-order chi connectivity index (χ0) is 6.24. The lowest BCUT2D eigenvalue weighted by Gasteiger charge is -1.80. The van der Waals surface area contributed by atoms with E-state index in [1.807, 2.05) is 0 Å². The van der Waals surface area contributed by atoms with Crippen molar-refractivity contribution < 1.29 is 4.74 Å². The molecule has 0 radical (unpaired) electrons. The van der Waals surface area contributed by atoms with E-state index in [1.54, 1.807) is 0 Å². The topological polar surface area (TPSA) is 38.5 Å². The van der Waals surface area contributed by atoms with Crippen LogP contribution in [0, 0.1) is 0 Å². The molecule has 0 aliphatic carbocycles. The molecule has 1 saturated heterocycles. The summed E-state index contributed by atoms with van der Waals surface area (Å²) in [7, 11) is 1.32. The highest BCUT2D eigenvalue weighted by Crippen LogP contribution is 1.84. The molecule has 0 aromatic heterocycles.